The summed E-state index contributed by atoms with van der Waals surface area (Å²) in [5.41, 5.74) is -0.0731. The Bertz CT molecular complexity index is 191. The largest absolute Gasteiger partial charge is 0.513 e. The molecule has 0 radical (unpaired) electrons. The molecular formula is C11H20O2. The SMILES string of the molecule is C=C(O)C1CCC(OC(C)(C)C)C1. The van der Waals surface area contributed by atoms with Gasteiger partial charge in [0.05, 0.1) is 17.5 Å². The summed E-state index contributed by atoms with van der Waals surface area (Å²) in [6, 6.07) is 0. The van der Waals surface area contributed by atoms with Crippen LogP contribution in [-0.4, -0.2) is 16.8 Å². The van der Waals surface area contributed by atoms with Gasteiger partial charge in [0, 0.05) is 5.92 Å². The van der Waals surface area contributed by atoms with Crippen LogP contribution in [0.15, 0.2) is 12.3 Å². The van der Waals surface area contributed by atoms with Gasteiger partial charge in [0.25, 0.3) is 0 Å². The molecule has 0 aromatic heterocycles. The number of aliphatic hydroxyl groups excluding tert-OH is 1. The van der Waals surface area contributed by atoms with Crippen LogP contribution in [0.2, 0.25) is 0 Å². The highest BCUT2D eigenvalue weighted by molar-refractivity contribution is 4.94. The average Bonchev–Trinajstić information content (AvgIpc) is 2.31. The number of hydrogen-bond donors (Lipinski definition) is 1. The molecule has 2 nitrogen and oxygen atoms in total. The molecule has 0 aromatic rings. The van der Waals surface area contributed by atoms with Gasteiger partial charge in [-0.15, -0.1) is 0 Å². The Morgan fingerprint density at radius 1 is 1.38 bits per heavy atom. The van der Waals surface area contributed by atoms with Crippen LogP contribution in [0, 0.1) is 5.92 Å². The van der Waals surface area contributed by atoms with Gasteiger partial charge in [-0.25, -0.2) is 0 Å². The van der Waals surface area contributed by atoms with Crippen molar-refractivity contribution in [3.63, 3.8) is 0 Å². The Labute approximate surface area is 80.6 Å². The van der Waals surface area contributed by atoms with Crippen LogP contribution >= 0.6 is 0 Å². The van der Waals surface area contributed by atoms with E-state index in [1.54, 1.807) is 0 Å². The summed E-state index contributed by atoms with van der Waals surface area (Å²) in [6.45, 7) is 9.76. The van der Waals surface area contributed by atoms with Gasteiger partial charge in [-0.3, -0.25) is 0 Å². The van der Waals surface area contributed by atoms with Gasteiger partial charge in [0.2, 0.25) is 0 Å². The van der Waals surface area contributed by atoms with Crippen LogP contribution in [0.1, 0.15) is 40.0 Å². The Morgan fingerprint density at radius 2 is 2.00 bits per heavy atom. The molecule has 1 fully saturated rings. The van der Waals surface area contributed by atoms with Gasteiger partial charge in [-0.1, -0.05) is 6.58 Å². The molecule has 13 heavy (non-hydrogen) atoms. The molecule has 2 atom stereocenters. The molecule has 0 bridgehead atoms. The van der Waals surface area contributed by atoms with E-state index >= 15 is 0 Å². The minimum Gasteiger partial charge on any atom is -0.513 e. The Balaban J connectivity index is 2.38. The van der Waals surface area contributed by atoms with Gasteiger partial charge in [0.1, 0.15) is 0 Å². The first-order valence-corrected chi connectivity index (χ1v) is 4.94. The van der Waals surface area contributed by atoms with Gasteiger partial charge in [-0.2, -0.15) is 0 Å². The summed E-state index contributed by atoms with van der Waals surface area (Å²) in [7, 11) is 0. The number of aliphatic hydroxyl groups is 1. The quantitative estimate of drug-likeness (QED) is 0.668. The number of hydrogen-bond acceptors (Lipinski definition) is 2. The zero-order chi connectivity index (χ0) is 10.1. The van der Waals surface area contributed by atoms with E-state index in [1.165, 1.54) is 0 Å². The van der Waals surface area contributed by atoms with Crippen molar-refractivity contribution < 1.29 is 9.84 Å². The van der Waals surface area contributed by atoms with Gasteiger partial charge in [0.15, 0.2) is 0 Å². The smallest absolute Gasteiger partial charge is 0.0882 e. The standard InChI is InChI=1S/C11H20O2/c1-8(12)9-5-6-10(7-9)13-11(2,3)4/h9-10,12H,1,5-7H2,2-4H3. The van der Waals surface area contributed by atoms with Crippen molar-refractivity contribution in [1.82, 2.24) is 0 Å². The van der Waals surface area contributed by atoms with Crippen molar-refractivity contribution in [3.8, 4) is 0 Å². The first-order chi connectivity index (χ1) is 5.88. The fourth-order valence-electron chi connectivity index (χ4n) is 1.85. The first kappa shape index (κ1) is 10.6. The highest BCUT2D eigenvalue weighted by atomic mass is 16.5. The summed E-state index contributed by atoms with van der Waals surface area (Å²) in [5, 5.41) is 9.22. The molecule has 0 heterocycles. The zero-order valence-corrected chi connectivity index (χ0v) is 8.84. The highest BCUT2D eigenvalue weighted by Crippen LogP contribution is 2.33. The van der Waals surface area contributed by atoms with Crippen molar-refractivity contribution in [3.05, 3.63) is 12.3 Å². The average molecular weight is 184 g/mol. The second-order valence-electron chi connectivity index (χ2n) is 4.85. The molecular weight excluding hydrogens is 164 g/mol. The third-order valence-electron chi connectivity index (χ3n) is 2.38. The number of allylic oxidation sites excluding steroid dienone is 1. The summed E-state index contributed by atoms with van der Waals surface area (Å²) < 4.78 is 5.83. The maximum atomic E-state index is 9.22. The summed E-state index contributed by atoms with van der Waals surface area (Å²) in [4.78, 5) is 0. The second kappa shape index (κ2) is 3.70. The molecule has 0 aliphatic heterocycles. The molecule has 0 aromatic carbocycles. The highest BCUT2D eigenvalue weighted by Gasteiger charge is 2.29. The van der Waals surface area contributed by atoms with Crippen molar-refractivity contribution in [2.75, 3.05) is 0 Å². The molecule has 1 aliphatic carbocycles. The first-order valence-electron chi connectivity index (χ1n) is 4.94. The van der Waals surface area contributed by atoms with Crippen molar-refractivity contribution in [1.29, 1.82) is 0 Å². The van der Waals surface area contributed by atoms with E-state index in [0.717, 1.165) is 19.3 Å². The molecule has 0 amide bonds. The van der Waals surface area contributed by atoms with Crippen LogP contribution in [-0.2, 0) is 4.74 Å². The lowest BCUT2D eigenvalue weighted by atomic mass is 10.1. The molecule has 0 spiro atoms. The fraction of sp³-hybridized carbons (Fsp3) is 0.818. The van der Waals surface area contributed by atoms with Gasteiger partial charge in [-0.05, 0) is 40.0 Å². The fourth-order valence-corrected chi connectivity index (χ4v) is 1.85. The predicted octanol–water partition coefficient (Wildman–Crippen LogP) is 3.04. The van der Waals surface area contributed by atoms with Gasteiger partial charge >= 0.3 is 0 Å². The molecule has 0 saturated heterocycles. The molecule has 2 unspecified atom stereocenters. The van der Waals surface area contributed by atoms with Crippen molar-refractivity contribution in [2.45, 2.75) is 51.7 Å². The van der Waals surface area contributed by atoms with E-state index in [9.17, 15) is 5.11 Å². The molecule has 2 heteroatoms. The molecule has 1 saturated carbocycles. The lowest BCUT2D eigenvalue weighted by Gasteiger charge is -2.24. The van der Waals surface area contributed by atoms with E-state index in [-0.39, 0.29) is 11.5 Å². The normalized spacial score (nSPS) is 29.2. The van der Waals surface area contributed by atoms with Crippen LogP contribution in [0.3, 0.4) is 0 Å². The van der Waals surface area contributed by atoms with Crippen LogP contribution in [0.5, 0.6) is 0 Å². The molecule has 1 rings (SSSR count). The summed E-state index contributed by atoms with van der Waals surface area (Å²) in [5.74, 6) is 0.576. The Kier molecular flexibility index (Phi) is 3.01. The van der Waals surface area contributed by atoms with E-state index < -0.39 is 0 Å². The minimum absolute atomic E-state index is 0.0731. The maximum Gasteiger partial charge on any atom is 0.0882 e. The van der Waals surface area contributed by atoms with Crippen LogP contribution in [0.25, 0.3) is 0 Å². The number of rotatable bonds is 2. The van der Waals surface area contributed by atoms with Crippen LogP contribution in [0.4, 0.5) is 0 Å². The lowest BCUT2D eigenvalue weighted by Crippen LogP contribution is -2.25. The second-order valence-corrected chi connectivity index (χ2v) is 4.85. The van der Waals surface area contributed by atoms with Crippen molar-refractivity contribution >= 4 is 0 Å². The Morgan fingerprint density at radius 3 is 2.38 bits per heavy atom. The topological polar surface area (TPSA) is 29.5 Å². The van der Waals surface area contributed by atoms with Crippen molar-refractivity contribution in [2.24, 2.45) is 5.92 Å². The van der Waals surface area contributed by atoms with Crippen LogP contribution < -0.4 is 0 Å². The van der Waals surface area contributed by atoms with E-state index in [4.69, 9.17) is 4.74 Å². The molecule has 76 valence electrons. The molecule has 1 N–H and O–H groups in total. The van der Waals surface area contributed by atoms with E-state index in [2.05, 4.69) is 27.4 Å². The van der Waals surface area contributed by atoms with E-state index in [0.29, 0.717) is 11.9 Å². The third kappa shape index (κ3) is 3.39. The Hall–Kier alpha value is -0.500. The maximum absolute atomic E-state index is 9.22. The monoisotopic (exact) mass is 184 g/mol. The van der Waals surface area contributed by atoms with E-state index in [1.807, 2.05) is 0 Å². The zero-order valence-electron chi connectivity index (χ0n) is 8.84. The number of ether oxygens (including phenoxy) is 1. The summed E-state index contributed by atoms with van der Waals surface area (Å²) >= 11 is 0. The predicted molar refractivity (Wildman–Crippen MR) is 53.7 cm³/mol. The van der Waals surface area contributed by atoms with Gasteiger partial charge < -0.3 is 9.84 Å². The molecule has 1 aliphatic rings. The lowest BCUT2D eigenvalue weighted by molar-refractivity contribution is -0.0573. The third-order valence-corrected chi connectivity index (χ3v) is 2.38. The summed E-state index contributed by atoms with van der Waals surface area (Å²) in [6.07, 6.45) is 3.28. The minimum atomic E-state index is -0.0731.